The van der Waals surface area contributed by atoms with E-state index >= 15 is 0 Å². The average Bonchev–Trinajstić information content (AvgIpc) is 2.62. The van der Waals surface area contributed by atoms with Gasteiger partial charge in [-0.25, -0.2) is 17.2 Å². The molecule has 0 aliphatic rings. The van der Waals surface area contributed by atoms with Gasteiger partial charge in [-0.05, 0) is 43.5 Å². The van der Waals surface area contributed by atoms with Crippen LogP contribution >= 0.6 is 0 Å². The molecule has 2 atom stereocenters. The Labute approximate surface area is 164 Å². The number of aryl methyl sites for hydroxylation is 1. The Morgan fingerprint density at radius 3 is 2.32 bits per heavy atom. The monoisotopic (exact) mass is 410 g/mol. The predicted octanol–water partition coefficient (Wildman–Crippen LogP) is 3.70. The number of carbonyl (C=O) groups excluding carboxylic acids is 1. The Morgan fingerprint density at radius 2 is 1.79 bits per heavy atom. The second-order valence-corrected chi connectivity index (χ2v) is 8.52. The first-order valence-electron chi connectivity index (χ1n) is 8.86. The fraction of sp³-hybridized carbons (Fsp3) is 0.350. The third kappa shape index (κ3) is 4.86. The molecule has 2 rings (SSSR count). The van der Waals surface area contributed by atoms with Crippen LogP contribution in [0.1, 0.15) is 37.4 Å². The van der Waals surface area contributed by atoms with Crippen LogP contribution in [-0.2, 0) is 14.8 Å². The number of nitrogens with zero attached hydrogens (tertiary/aromatic N) is 1. The van der Waals surface area contributed by atoms with E-state index in [0.717, 1.165) is 39.9 Å². The van der Waals surface area contributed by atoms with Gasteiger partial charge in [0.05, 0.1) is 18.0 Å². The summed E-state index contributed by atoms with van der Waals surface area (Å²) in [4.78, 5) is 12.8. The topological polar surface area (TPSA) is 66.5 Å². The molecule has 5 nitrogen and oxygen atoms in total. The van der Waals surface area contributed by atoms with Crippen molar-refractivity contribution in [3.63, 3.8) is 0 Å². The van der Waals surface area contributed by atoms with Crippen LogP contribution in [0.15, 0.2) is 42.5 Å². The second kappa shape index (κ2) is 8.68. The Balaban J connectivity index is 2.33. The Hall–Kier alpha value is -2.48. The molecular weight excluding hydrogens is 386 g/mol. The van der Waals surface area contributed by atoms with Gasteiger partial charge in [0.15, 0.2) is 11.6 Å². The maximum atomic E-state index is 13.6. The Kier molecular flexibility index (Phi) is 6.77. The molecular formula is C20H24F2N2O3S. The number of benzene rings is 2. The van der Waals surface area contributed by atoms with Gasteiger partial charge >= 0.3 is 0 Å². The molecule has 0 aliphatic carbocycles. The molecule has 2 aromatic rings. The number of hydrogen-bond acceptors (Lipinski definition) is 3. The first-order valence-corrected chi connectivity index (χ1v) is 10.7. The van der Waals surface area contributed by atoms with Crippen LogP contribution in [-0.4, -0.2) is 26.6 Å². The van der Waals surface area contributed by atoms with Gasteiger partial charge in [0.1, 0.15) is 6.04 Å². The fourth-order valence-corrected chi connectivity index (χ4v) is 4.27. The second-order valence-electron chi connectivity index (χ2n) is 6.66. The van der Waals surface area contributed by atoms with Gasteiger partial charge in [-0.1, -0.05) is 31.2 Å². The molecule has 28 heavy (non-hydrogen) atoms. The molecule has 0 bridgehead atoms. The first-order chi connectivity index (χ1) is 13.1. The molecule has 0 saturated heterocycles. The molecule has 0 fully saturated rings. The summed E-state index contributed by atoms with van der Waals surface area (Å²) in [5.41, 5.74) is 1.82. The van der Waals surface area contributed by atoms with Crippen molar-refractivity contribution < 1.29 is 22.0 Å². The summed E-state index contributed by atoms with van der Waals surface area (Å²) in [7, 11) is -3.92. The van der Waals surface area contributed by atoms with Crippen molar-refractivity contribution in [2.45, 2.75) is 39.3 Å². The van der Waals surface area contributed by atoms with Gasteiger partial charge in [-0.3, -0.25) is 9.10 Å². The number of amides is 1. The van der Waals surface area contributed by atoms with Crippen molar-refractivity contribution in [3.8, 4) is 0 Å². The van der Waals surface area contributed by atoms with Crippen molar-refractivity contribution in [2.75, 3.05) is 10.6 Å². The minimum absolute atomic E-state index is 0.118. The third-order valence-electron chi connectivity index (χ3n) is 4.53. The molecule has 152 valence electrons. The molecule has 1 amide bonds. The number of sulfonamides is 1. The molecule has 1 N–H and O–H groups in total. The van der Waals surface area contributed by atoms with Crippen molar-refractivity contribution >= 4 is 21.6 Å². The number of nitrogens with one attached hydrogen (secondary N) is 1. The van der Waals surface area contributed by atoms with Gasteiger partial charge in [0, 0.05) is 6.07 Å². The van der Waals surface area contributed by atoms with E-state index < -0.39 is 33.6 Å². The molecule has 0 heterocycles. The Morgan fingerprint density at radius 1 is 1.14 bits per heavy atom. The highest BCUT2D eigenvalue weighted by Crippen LogP contribution is 2.25. The van der Waals surface area contributed by atoms with Crippen LogP contribution in [0.5, 0.6) is 0 Å². The lowest BCUT2D eigenvalue weighted by atomic mass is 9.99. The van der Waals surface area contributed by atoms with Crippen molar-refractivity contribution in [2.24, 2.45) is 0 Å². The number of carbonyl (C=O) groups is 1. The Bertz CT molecular complexity index is 964. The fourth-order valence-electron chi connectivity index (χ4n) is 3.10. The molecule has 2 aromatic carbocycles. The minimum Gasteiger partial charge on any atom is -0.347 e. The average molecular weight is 410 g/mol. The molecule has 0 unspecified atom stereocenters. The quantitative estimate of drug-likeness (QED) is 0.757. The van der Waals surface area contributed by atoms with Crippen LogP contribution in [0.2, 0.25) is 0 Å². The van der Waals surface area contributed by atoms with Gasteiger partial charge in [0.25, 0.3) is 0 Å². The highest BCUT2D eigenvalue weighted by atomic mass is 32.2. The molecule has 0 spiro atoms. The standard InChI is InChI=1S/C20H24F2N2O3S/c1-5-19(16-9-7-6-8-13(16)2)23-20(25)14(3)24(28(4,26)27)15-10-11-17(21)18(22)12-15/h6-12,14,19H,5H2,1-4H3,(H,23,25)/t14-,19+/m0/s1. The molecule has 8 heteroatoms. The lowest BCUT2D eigenvalue weighted by molar-refractivity contribution is -0.122. The van der Waals surface area contributed by atoms with E-state index in [1.54, 1.807) is 0 Å². The largest absolute Gasteiger partial charge is 0.347 e. The summed E-state index contributed by atoms with van der Waals surface area (Å²) in [6.45, 7) is 5.24. The number of halogens is 2. The number of anilines is 1. The molecule has 0 radical (unpaired) electrons. The maximum absolute atomic E-state index is 13.6. The summed E-state index contributed by atoms with van der Waals surface area (Å²) in [5, 5.41) is 2.86. The van der Waals surface area contributed by atoms with E-state index in [0.29, 0.717) is 6.42 Å². The van der Waals surface area contributed by atoms with Gasteiger partial charge in [-0.15, -0.1) is 0 Å². The van der Waals surface area contributed by atoms with Crippen molar-refractivity contribution in [3.05, 3.63) is 65.2 Å². The van der Waals surface area contributed by atoms with Crippen molar-refractivity contribution in [1.29, 1.82) is 0 Å². The van der Waals surface area contributed by atoms with Gasteiger partial charge < -0.3 is 5.32 Å². The first kappa shape index (κ1) is 21.8. The third-order valence-corrected chi connectivity index (χ3v) is 5.78. The van der Waals surface area contributed by atoms with E-state index in [4.69, 9.17) is 0 Å². The van der Waals surface area contributed by atoms with Crippen LogP contribution in [0.3, 0.4) is 0 Å². The lowest BCUT2D eigenvalue weighted by Gasteiger charge is -2.30. The van der Waals surface area contributed by atoms with E-state index in [-0.39, 0.29) is 11.7 Å². The molecule has 0 aromatic heterocycles. The van der Waals surface area contributed by atoms with Gasteiger partial charge in [-0.2, -0.15) is 0 Å². The number of rotatable bonds is 7. The van der Waals surface area contributed by atoms with Crippen LogP contribution in [0.25, 0.3) is 0 Å². The normalized spacial score (nSPS) is 13.6. The highest BCUT2D eigenvalue weighted by Gasteiger charge is 2.31. The van der Waals surface area contributed by atoms with Crippen LogP contribution in [0, 0.1) is 18.6 Å². The molecule has 0 saturated carbocycles. The molecule has 0 aliphatic heterocycles. The van der Waals surface area contributed by atoms with E-state index in [9.17, 15) is 22.0 Å². The van der Waals surface area contributed by atoms with Crippen LogP contribution < -0.4 is 9.62 Å². The summed E-state index contributed by atoms with van der Waals surface area (Å²) in [5.74, 6) is -2.82. The maximum Gasteiger partial charge on any atom is 0.244 e. The lowest BCUT2D eigenvalue weighted by Crippen LogP contribution is -2.48. The van der Waals surface area contributed by atoms with Crippen LogP contribution in [0.4, 0.5) is 14.5 Å². The zero-order valence-corrected chi connectivity index (χ0v) is 17.1. The van der Waals surface area contributed by atoms with E-state index in [1.807, 2.05) is 38.1 Å². The smallest absolute Gasteiger partial charge is 0.244 e. The summed E-state index contributed by atoms with van der Waals surface area (Å²) in [6.07, 6.45) is 1.52. The van der Waals surface area contributed by atoms with Crippen molar-refractivity contribution in [1.82, 2.24) is 5.32 Å². The number of hydrogen-bond donors (Lipinski definition) is 1. The minimum atomic E-state index is -3.92. The summed E-state index contributed by atoms with van der Waals surface area (Å²) < 4.78 is 52.2. The van der Waals surface area contributed by atoms with E-state index in [1.165, 1.54) is 6.92 Å². The zero-order chi connectivity index (χ0) is 21.1. The zero-order valence-electron chi connectivity index (χ0n) is 16.2. The SMILES string of the molecule is CC[C@@H](NC(=O)[C@H](C)N(c1ccc(F)c(F)c1)S(C)(=O)=O)c1ccccc1C. The van der Waals surface area contributed by atoms with E-state index in [2.05, 4.69) is 5.32 Å². The predicted molar refractivity (Wildman–Crippen MR) is 105 cm³/mol. The summed E-state index contributed by atoms with van der Waals surface area (Å²) in [6, 6.07) is 8.85. The highest BCUT2D eigenvalue weighted by molar-refractivity contribution is 7.92. The van der Waals surface area contributed by atoms with Gasteiger partial charge in [0.2, 0.25) is 15.9 Å². The summed E-state index contributed by atoms with van der Waals surface area (Å²) >= 11 is 0.